The van der Waals surface area contributed by atoms with Crippen molar-refractivity contribution < 1.29 is 14.2 Å². The first-order chi connectivity index (χ1) is 15.4. The van der Waals surface area contributed by atoms with E-state index in [1.54, 1.807) is 12.4 Å². The van der Waals surface area contributed by atoms with Crippen LogP contribution in [0, 0.1) is 5.41 Å². The van der Waals surface area contributed by atoms with Gasteiger partial charge in [0.25, 0.3) is 6.02 Å². The maximum absolute atomic E-state index is 6.28. The van der Waals surface area contributed by atoms with Crippen LogP contribution in [0.4, 0.5) is 0 Å². The minimum Gasteiger partial charge on any atom is -0.477 e. The zero-order valence-electron chi connectivity index (χ0n) is 18.5. The third-order valence-electron chi connectivity index (χ3n) is 5.75. The van der Waals surface area contributed by atoms with E-state index in [9.17, 15) is 0 Å². The van der Waals surface area contributed by atoms with E-state index in [0.29, 0.717) is 24.0 Å². The molecular weight excluding hydrogens is 404 g/mol. The molecule has 0 fully saturated rings. The number of hydrogen-bond acceptors (Lipinski definition) is 7. The van der Waals surface area contributed by atoms with Gasteiger partial charge in [0.1, 0.15) is 18.1 Å². The highest BCUT2D eigenvalue weighted by Crippen LogP contribution is 2.54. The molecule has 0 radical (unpaired) electrons. The van der Waals surface area contributed by atoms with Crippen molar-refractivity contribution >= 4 is 6.02 Å². The summed E-state index contributed by atoms with van der Waals surface area (Å²) in [5, 5.41) is 0. The lowest BCUT2D eigenvalue weighted by atomic mass is 9.81. The van der Waals surface area contributed by atoms with E-state index in [2.05, 4.69) is 36.8 Å². The van der Waals surface area contributed by atoms with Crippen molar-refractivity contribution in [2.45, 2.75) is 32.7 Å². The summed E-state index contributed by atoms with van der Waals surface area (Å²) in [5.74, 6) is 1.85. The number of fused-ring (bicyclic) bond motifs is 4. The van der Waals surface area contributed by atoms with Gasteiger partial charge in [0, 0.05) is 29.7 Å². The fraction of sp³-hybridized carbons (Fsp3) is 0.320. The Morgan fingerprint density at radius 1 is 1.09 bits per heavy atom. The number of benzene rings is 1. The third kappa shape index (κ3) is 3.53. The number of nitrogens with two attached hydrogens (primary N) is 1. The molecule has 0 bridgehead atoms. The molecule has 1 spiro atoms. The molecule has 5 rings (SSSR count). The number of nitrogens with zero attached hydrogens (tertiary/aromatic N) is 3. The molecule has 0 amide bonds. The molecule has 2 N–H and O–H groups in total. The zero-order valence-corrected chi connectivity index (χ0v) is 18.5. The third-order valence-corrected chi connectivity index (χ3v) is 5.75. The first kappa shape index (κ1) is 20.3. The van der Waals surface area contributed by atoms with Crippen molar-refractivity contribution in [3.8, 4) is 28.5 Å². The molecule has 2 aromatic heterocycles. The molecular formula is C25H26N4O3. The topological polar surface area (TPSA) is 91.9 Å². The van der Waals surface area contributed by atoms with Crippen LogP contribution in [0.5, 0.6) is 17.4 Å². The monoisotopic (exact) mass is 430 g/mol. The largest absolute Gasteiger partial charge is 0.477 e. The van der Waals surface area contributed by atoms with Gasteiger partial charge in [0.2, 0.25) is 5.88 Å². The molecule has 2 aliphatic rings. The van der Waals surface area contributed by atoms with Crippen molar-refractivity contribution in [1.82, 2.24) is 9.97 Å². The number of ether oxygens (including phenoxy) is 3. The van der Waals surface area contributed by atoms with E-state index >= 15 is 0 Å². The number of aliphatic imine (C=N–C) groups is 1. The SMILES string of the molecule is CC(C)(C)CCOc1nccc2c1[C@]1(COC(N)=N1)c1cc(-c3cccnc3)ccc1O2. The van der Waals surface area contributed by atoms with Gasteiger partial charge in [0.05, 0.1) is 12.2 Å². The van der Waals surface area contributed by atoms with Gasteiger partial charge in [-0.2, -0.15) is 0 Å². The summed E-state index contributed by atoms with van der Waals surface area (Å²) in [6.07, 6.45) is 6.16. The highest BCUT2D eigenvalue weighted by molar-refractivity contribution is 5.78. The van der Waals surface area contributed by atoms with Crippen molar-refractivity contribution in [1.29, 1.82) is 0 Å². The minimum absolute atomic E-state index is 0.139. The van der Waals surface area contributed by atoms with Crippen molar-refractivity contribution in [3.63, 3.8) is 0 Å². The standard InChI is InChI=1S/C25H26N4O3/c1-24(2,3)9-12-30-22-21-20(8-11-28-22)32-19-7-6-16(17-5-4-10-27-14-17)13-18(19)25(21)15-31-23(26)29-25/h4-8,10-11,13-14H,9,12,15H2,1-3H3,(H2,26,29)/t25-/m0/s1. The summed E-state index contributed by atoms with van der Waals surface area (Å²) in [7, 11) is 0. The lowest BCUT2D eigenvalue weighted by Gasteiger charge is -2.34. The number of amidine groups is 1. The van der Waals surface area contributed by atoms with Crippen LogP contribution in [0.1, 0.15) is 38.3 Å². The number of rotatable bonds is 4. The average Bonchev–Trinajstić information content (AvgIpc) is 3.15. The summed E-state index contributed by atoms with van der Waals surface area (Å²) in [5.41, 5.74) is 8.89. The Hall–Kier alpha value is -3.61. The van der Waals surface area contributed by atoms with Gasteiger partial charge in [-0.15, -0.1) is 0 Å². The smallest absolute Gasteiger partial charge is 0.283 e. The van der Waals surface area contributed by atoms with E-state index in [1.165, 1.54) is 0 Å². The Balaban J connectivity index is 1.63. The first-order valence-electron chi connectivity index (χ1n) is 10.7. The molecule has 32 heavy (non-hydrogen) atoms. The predicted octanol–water partition coefficient (Wildman–Crippen LogP) is 4.65. The molecule has 3 aromatic rings. The number of pyridine rings is 2. The van der Waals surface area contributed by atoms with Crippen molar-refractivity contribution in [2.75, 3.05) is 13.2 Å². The first-order valence-corrected chi connectivity index (χ1v) is 10.7. The molecule has 7 heteroatoms. The second-order valence-corrected chi connectivity index (χ2v) is 9.30. The fourth-order valence-corrected chi connectivity index (χ4v) is 4.06. The maximum atomic E-state index is 6.28. The Kier molecular flexibility index (Phi) is 4.77. The Morgan fingerprint density at radius 2 is 1.97 bits per heavy atom. The van der Waals surface area contributed by atoms with Crippen LogP contribution in [-0.4, -0.2) is 29.2 Å². The van der Waals surface area contributed by atoms with Crippen LogP contribution in [0.2, 0.25) is 0 Å². The molecule has 0 saturated carbocycles. The summed E-state index contributed by atoms with van der Waals surface area (Å²) >= 11 is 0. The zero-order chi connectivity index (χ0) is 22.3. The van der Waals surface area contributed by atoms with E-state index in [-0.39, 0.29) is 18.0 Å². The van der Waals surface area contributed by atoms with Gasteiger partial charge in [0.15, 0.2) is 5.54 Å². The van der Waals surface area contributed by atoms with E-state index in [0.717, 1.165) is 28.7 Å². The molecule has 1 aromatic carbocycles. The molecule has 0 unspecified atom stereocenters. The van der Waals surface area contributed by atoms with E-state index in [1.807, 2.05) is 36.5 Å². The Labute approximate surface area is 187 Å². The van der Waals surface area contributed by atoms with Gasteiger partial charge in [-0.3, -0.25) is 4.98 Å². The van der Waals surface area contributed by atoms with Gasteiger partial charge < -0.3 is 19.9 Å². The molecule has 1 atom stereocenters. The van der Waals surface area contributed by atoms with Crippen LogP contribution in [0.25, 0.3) is 11.1 Å². The summed E-state index contributed by atoms with van der Waals surface area (Å²) < 4.78 is 18.1. The maximum Gasteiger partial charge on any atom is 0.283 e. The van der Waals surface area contributed by atoms with Crippen LogP contribution in [-0.2, 0) is 10.3 Å². The Morgan fingerprint density at radius 3 is 2.69 bits per heavy atom. The second-order valence-electron chi connectivity index (χ2n) is 9.30. The number of aromatic nitrogens is 2. The van der Waals surface area contributed by atoms with Crippen molar-refractivity contribution in [2.24, 2.45) is 16.1 Å². The lowest BCUT2D eigenvalue weighted by Crippen LogP contribution is -2.32. The van der Waals surface area contributed by atoms with Gasteiger partial charge >= 0.3 is 0 Å². The van der Waals surface area contributed by atoms with Gasteiger partial charge in [-0.05, 0) is 41.7 Å². The molecule has 4 heterocycles. The van der Waals surface area contributed by atoms with Crippen LogP contribution in [0.3, 0.4) is 0 Å². The normalized spacial score (nSPS) is 18.9. The van der Waals surface area contributed by atoms with Gasteiger partial charge in [-0.1, -0.05) is 32.9 Å². The minimum atomic E-state index is -0.892. The van der Waals surface area contributed by atoms with Crippen LogP contribution in [0.15, 0.2) is 60.0 Å². The molecule has 2 aliphatic heterocycles. The molecule has 164 valence electrons. The van der Waals surface area contributed by atoms with Crippen LogP contribution >= 0.6 is 0 Å². The molecule has 7 nitrogen and oxygen atoms in total. The van der Waals surface area contributed by atoms with Crippen LogP contribution < -0.4 is 15.2 Å². The summed E-state index contributed by atoms with van der Waals surface area (Å²) in [4.78, 5) is 13.5. The quantitative estimate of drug-likeness (QED) is 0.648. The highest BCUT2D eigenvalue weighted by atomic mass is 16.5. The average molecular weight is 431 g/mol. The summed E-state index contributed by atoms with van der Waals surface area (Å²) in [6.45, 7) is 7.33. The summed E-state index contributed by atoms with van der Waals surface area (Å²) in [6, 6.07) is 11.9. The highest BCUT2D eigenvalue weighted by Gasteiger charge is 2.49. The van der Waals surface area contributed by atoms with Gasteiger partial charge in [-0.25, -0.2) is 9.98 Å². The second kappa shape index (κ2) is 7.51. The lowest BCUT2D eigenvalue weighted by molar-refractivity contribution is 0.220. The van der Waals surface area contributed by atoms with E-state index in [4.69, 9.17) is 24.9 Å². The number of hydrogen-bond donors (Lipinski definition) is 1. The predicted molar refractivity (Wildman–Crippen MR) is 122 cm³/mol. The van der Waals surface area contributed by atoms with Crippen molar-refractivity contribution in [3.05, 3.63) is 66.1 Å². The Bertz CT molecular complexity index is 1190. The molecule has 0 saturated heterocycles. The molecule has 0 aliphatic carbocycles. The van der Waals surface area contributed by atoms with E-state index < -0.39 is 5.54 Å². The fourth-order valence-electron chi connectivity index (χ4n) is 4.06.